The van der Waals surface area contributed by atoms with Crippen molar-refractivity contribution >= 4 is 21.8 Å². The van der Waals surface area contributed by atoms with Crippen molar-refractivity contribution in [2.24, 2.45) is 0 Å². The second-order valence-electron chi connectivity index (χ2n) is 4.82. The van der Waals surface area contributed by atoms with E-state index in [4.69, 9.17) is 9.47 Å². The number of aromatic nitrogens is 1. The molecule has 0 aliphatic rings. The highest BCUT2D eigenvalue weighted by Gasteiger charge is 2.20. The number of rotatable bonds is 8. The van der Waals surface area contributed by atoms with Crippen LogP contribution in [0.3, 0.4) is 0 Å². The van der Waals surface area contributed by atoms with Gasteiger partial charge in [-0.15, -0.1) is 0 Å². The summed E-state index contributed by atoms with van der Waals surface area (Å²) in [6.45, 7) is 6.24. The van der Waals surface area contributed by atoms with Crippen molar-refractivity contribution in [2.75, 3.05) is 40.5 Å². The Labute approximate surface area is 129 Å². The Morgan fingerprint density at radius 1 is 1.30 bits per heavy atom. The molecular formula is C14H23BrN2O3. The van der Waals surface area contributed by atoms with E-state index in [0.29, 0.717) is 32.0 Å². The van der Waals surface area contributed by atoms with E-state index in [1.165, 1.54) is 0 Å². The summed E-state index contributed by atoms with van der Waals surface area (Å²) in [5.74, 6) is -0.00139. The maximum absolute atomic E-state index is 12.7. The zero-order valence-electron chi connectivity index (χ0n) is 12.6. The summed E-state index contributed by atoms with van der Waals surface area (Å²) >= 11 is 3.43. The van der Waals surface area contributed by atoms with Crippen LogP contribution in [0.2, 0.25) is 0 Å². The minimum atomic E-state index is -0.00139. The largest absolute Gasteiger partial charge is 0.383 e. The maximum Gasteiger partial charge on any atom is 0.270 e. The molecule has 1 rings (SSSR count). The fraction of sp³-hybridized carbons (Fsp3) is 0.643. The molecule has 0 fully saturated rings. The number of carbonyl (C=O) groups is 1. The second kappa shape index (κ2) is 8.44. The summed E-state index contributed by atoms with van der Waals surface area (Å²) in [7, 11) is 3.26. The standard InChI is InChI=1S/C14H23BrN2O3/c1-11(2)17-10-12(15)9-13(17)14(18)16(5-7-19-3)6-8-20-4/h9-11H,5-8H2,1-4H3. The van der Waals surface area contributed by atoms with E-state index in [-0.39, 0.29) is 11.9 Å². The van der Waals surface area contributed by atoms with Crippen LogP contribution in [-0.2, 0) is 9.47 Å². The van der Waals surface area contributed by atoms with Crippen LogP contribution < -0.4 is 0 Å². The Hall–Kier alpha value is -0.850. The minimum Gasteiger partial charge on any atom is -0.383 e. The van der Waals surface area contributed by atoms with E-state index in [0.717, 1.165) is 4.47 Å². The molecule has 0 spiro atoms. The SMILES string of the molecule is COCCN(CCOC)C(=O)c1cc(Br)cn1C(C)C. The van der Waals surface area contributed by atoms with Crippen molar-refractivity contribution in [2.45, 2.75) is 19.9 Å². The Balaban J connectivity index is 2.92. The number of carbonyl (C=O) groups excluding carboxylic acids is 1. The Kier molecular flexibility index (Phi) is 7.26. The van der Waals surface area contributed by atoms with Gasteiger partial charge >= 0.3 is 0 Å². The van der Waals surface area contributed by atoms with E-state index < -0.39 is 0 Å². The van der Waals surface area contributed by atoms with Crippen molar-refractivity contribution < 1.29 is 14.3 Å². The van der Waals surface area contributed by atoms with Gasteiger partial charge < -0.3 is 18.9 Å². The van der Waals surface area contributed by atoms with E-state index in [2.05, 4.69) is 29.8 Å². The zero-order chi connectivity index (χ0) is 15.1. The van der Waals surface area contributed by atoms with Crippen LogP contribution in [0.5, 0.6) is 0 Å². The van der Waals surface area contributed by atoms with Gasteiger partial charge in [-0.05, 0) is 35.8 Å². The van der Waals surface area contributed by atoms with Crippen LogP contribution in [0.25, 0.3) is 0 Å². The first kappa shape index (κ1) is 17.2. The lowest BCUT2D eigenvalue weighted by Gasteiger charge is -2.23. The summed E-state index contributed by atoms with van der Waals surface area (Å²) in [5.41, 5.74) is 0.680. The Morgan fingerprint density at radius 3 is 2.30 bits per heavy atom. The average Bonchev–Trinajstić information content (AvgIpc) is 2.80. The molecule has 0 aromatic carbocycles. The third-order valence-electron chi connectivity index (χ3n) is 3.01. The molecule has 1 aromatic heterocycles. The zero-order valence-corrected chi connectivity index (χ0v) is 14.1. The van der Waals surface area contributed by atoms with Gasteiger partial charge in [-0.2, -0.15) is 0 Å². The van der Waals surface area contributed by atoms with Gasteiger partial charge in [0.05, 0.1) is 13.2 Å². The summed E-state index contributed by atoms with van der Waals surface area (Å²) in [6.07, 6.45) is 1.93. The van der Waals surface area contributed by atoms with E-state index >= 15 is 0 Å². The first-order valence-electron chi connectivity index (χ1n) is 6.65. The molecule has 114 valence electrons. The van der Waals surface area contributed by atoms with Gasteiger partial charge in [0.15, 0.2) is 0 Å². The van der Waals surface area contributed by atoms with E-state index in [1.54, 1.807) is 19.1 Å². The lowest BCUT2D eigenvalue weighted by Crippen LogP contribution is -2.37. The first-order chi connectivity index (χ1) is 9.51. The number of hydrogen-bond donors (Lipinski definition) is 0. The van der Waals surface area contributed by atoms with Crippen LogP contribution in [0.4, 0.5) is 0 Å². The molecule has 0 saturated heterocycles. The van der Waals surface area contributed by atoms with E-state index in [9.17, 15) is 4.79 Å². The highest BCUT2D eigenvalue weighted by atomic mass is 79.9. The Bertz CT molecular complexity index is 424. The molecule has 0 radical (unpaired) electrons. The fourth-order valence-corrected chi connectivity index (χ4v) is 2.36. The molecule has 0 bridgehead atoms. The molecule has 1 amide bonds. The van der Waals surface area contributed by atoms with Crippen LogP contribution in [0, 0.1) is 0 Å². The molecule has 0 unspecified atom stereocenters. The molecule has 1 heterocycles. The molecule has 6 heteroatoms. The van der Waals surface area contributed by atoms with Gasteiger partial charge in [0, 0.05) is 44.0 Å². The quantitative estimate of drug-likeness (QED) is 0.726. The third kappa shape index (κ3) is 4.61. The molecular weight excluding hydrogens is 324 g/mol. The van der Waals surface area contributed by atoms with Crippen molar-refractivity contribution in [3.05, 3.63) is 22.4 Å². The Morgan fingerprint density at radius 2 is 1.85 bits per heavy atom. The van der Waals surface area contributed by atoms with Gasteiger partial charge in [-0.3, -0.25) is 4.79 Å². The molecule has 0 saturated carbocycles. The number of ether oxygens (including phenoxy) is 2. The third-order valence-corrected chi connectivity index (χ3v) is 3.44. The highest BCUT2D eigenvalue weighted by molar-refractivity contribution is 9.10. The molecule has 0 aliphatic carbocycles. The predicted molar refractivity (Wildman–Crippen MR) is 82.2 cm³/mol. The molecule has 1 aromatic rings. The monoisotopic (exact) mass is 346 g/mol. The van der Waals surface area contributed by atoms with Crippen molar-refractivity contribution in [3.8, 4) is 0 Å². The molecule has 5 nitrogen and oxygen atoms in total. The molecule has 0 atom stereocenters. The number of halogens is 1. The van der Waals surface area contributed by atoms with Gasteiger partial charge in [-0.1, -0.05) is 0 Å². The minimum absolute atomic E-state index is 0.00139. The number of methoxy groups -OCH3 is 2. The van der Waals surface area contributed by atoms with Gasteiger partial charge in [-0.25, -0.2) is 0 Å². The average molecular weight is 347 g/mol. The van der Waals surface area contributed by atoms with Crippen LogP contribution in [0.15, 0.2) is 16.7 Å². The second-order valence-corrected chi connectivity index (χ2v) is 5.74. The van der Waals surface area contributed by atoms with Crippen molar-refractivity contribution in [1.82, 2.24) is 9.47 Å². The van der Waals surface area contributed by atoms with Gasteiger partial charge in [0.2, 0.25) is 0 Å². The lowest BCUT2D eigenvalue weighted by atomic mass is 10.3. The maximum atomic E-state index is 12.7. The number of hydrogen-bond acceptors (Lipinski definition) is 3. The van der Waals surface area contributed by atoms with E-state index in [1.807, 2.05) is 16.8 Å². The predicted octanol–water partition coefficient (Wildman–Crippen LogP) is 2.57. The van der Waals surface area contributed by atoms with Crippen LogP contribution in [0.1, 0.15) is 30.4 Å². The summed E-state index contributed by atoms with van der Waals surface area (Å²) < 4.78 is 13.0. The normalized spacial score (nSPS) is 11.1. The highest BCUT2D eigenvalue weighted by Crippen LogP contribution is 2.20. The van der Waals surface area contributed by atoms with Crippen molar-refractivity contribution in [1.29, 1.82) is 0 Å². The lowest BCUT2D eigenvalue weighted by molar-refractivity contribution is 0.0616. The molecule has 20 heavy (non-hydrogen) atoms. The van der Waals surface area contributed by atoms with Crippen molar-refractivity contribution in [3.63, 3.8) is 0 Å². The molecule has 0 N–H and O–H groups in total. The van der Waals surface area contributed by atoms with Crippen LogP contribution >= 0.6 is 15.9 Å². The summed E-state index contributed by atoms with van der Waals surface area (Å²) in [6, 6.07) is 2.08. The smallest absolute Gasteiger partial charge is 0.270 e. The first-order valence-corrected chi connectivity index (χ1v) is 7.45. The fourth-order valence-electron chi connectivity index (χ4n) is 1.92. The van der Waals surface area contributed by atoms with Gasteiger partial charge in [0.1, 0.15) is 5.69 Å². The number of amides is 1. The number of nitrogens with zero attached hydrogens (tertiary/aromatic N) is 2. The van der Waals surface area contributed by atoms with Gasteiger partial charge in [0.25, 0.3) is 5.91 Å². The topological polar surface area (TPSA) is 43.7 Å². The van der Waals surface area contributed by atoms with Crippen LogP contribution in [-0.4, -0.2) is 55.9 Å². The molecule has 0 aliphatic heterocycles. The summed E-state index contributed by atoms with van der Waals surface area (Å²) in [5, 5.41) is 0. The summed E-state index contributed by atoms with van der Waals surface area (Å²) in [4.78, 5) is 14.4.